The molecule has 2 N–H and O–H groups in total. The molecule has 18 heavy (non-hydrogen) atoms. The van der Waals surface area contributed by atoms with Gasteiger partial charge in [-0.3, -0.25) is 0 Å². The van der Waals surface area contributed by atoms with E-state index in [0.717, 1.165) is 20.6 Å². The van der Waals surface area contributed by atoms with E-state index >= 15 is 0 Å². The van der Waals surface area contributed by atoms with Crippen molar-refractivity contribution in [2.45, 2.75) is 13.0 Å². The van der Waals surface area contributed by atoms with Gasteiger partial charge in [0.25, 0.3) is 0 Å². The van der Waals surface area contributed by atoms with Crippen LogP contribution < -0.4 is 5.32 Å². The summed E-state index contributed by atoms with van der Waals surface area (Å²) in [6, 6.07) is 8.78. The number of nitrogens with one attached hydrogen (secondary N) is 1. The first-order valence-corrected chi connectivity index (χ1v) is 7.03. The lowest BCUT2D eigenvalue weighted by atomic mass is 10.2. The third-order valence-electron chi connectivity index (χ3n) is 2.45. The number of rotatable bonds is 4. The number of benzene rings is 1. The molecule has 0 fully saturated rings. The molecule has 5 heteroatoms. The number of aliphatic carboxylic acids is 1. The molecule has 1 heterocycles. The number of aryl methyl sites for hydroxylation is 1. The molecule has 0 aliphatic heterocycles. The molecule has 0 spiro atoms. The molecule has 2 rings (SSSR count). The molecule has 0 aliphatic carbocycles. The van der Waals surface area contributed by atoms with E-state index in [1.807, 2.05) is 42.6 Å². The summed E-state index contributed by atoms with van der Waals surface area (Å²) in [5.41, 5.74) is 1.91. The van der Waals surface area contributed by atoms with Gasteiger partial charge in [-0.15, -0.1) is 11.3 Å². The molecule has 0 saturated carbocycles. The number of carboxylic acid groups (broad SMARTS) is 1. The summed E-state index contributed by atoms with van der Waals surface area (Å²) in [6.45, 7) is 1.97. The third-order valence-corrected chi connectivity index (χ3v) is 4.21. The molecule has 0 radical (unpaired) electrons. The fourth-order valence-electron chi connectivity index (χ4n) is 1.64. The van der Waals surface area contributed by atoms with Gasteiger partial charge in [-0.05, 0) is 46.6 Å². The number of carboxylic acids is 1. The first kappa shape index (κ1) is 13.1. The van der Waals surface area contributed by atoms with Crippen molar-refractivity contribution in [3.63, 3.8) is 0 Å². The highest BCUT2D eigenvalue weighted by atomic mass is 79.9. The molecule has 0 saturated heterocycles. The Morgan fingerprint density at radius 2 is 2.22 bits per heavy atom. The monoisotopic (exact) mass is 325 g/mol. The first-order chi connectivity index (χ1) is 8.56. The number of carbonyl (C=O) groups is 1. The molecule has 3 nitrogen and oxygen atoms in total. The van der Waals surface area contributed by atoms with Crippen molar-refractivity contribution in [3.8, 4) is 0 Å². The Labute approximate surface area is 118 Å². The maximum absolute atomic E-state index is 11.3. The normalized spacial score (nSPS) is 12.1. The second-order valence-electron chi connectivity index (χ2n) is 3.95. The van der Waals surface area contributed by atoms with Gasteiger partial charge in [0, 0.05) is 20.4 Å². The number of hydrogen-bond donors (Lipinski definition) is 2. The van der Waals surface area contributed by atoms with Gasteiger partial charge in [-0.25, -0.2) is 4.79 Å². The van der Waals surface area contributed by atoms with Crippen LogP contribution in [0.1, 0.15) is 16.5 Å². The van der Waals surface area contributed by atoms with Crippen LogP contribution in [0.2, 0.25) is 0 Å². The van der Waals surface area contributed by atoms with Crippen molar-refractivity contribution in [2.75, 3.05) is 5.32 Å². The van der Waals surface area contributed by atoms with Crippen molar-refractivity contribution in [1.29, 1.82) is 0 Å². The van der Waals surface area contributed by atoms with E-state index in [4.69, 9.17) is 0 Å². The van der Waals surface area contributed by atoms with E-state index in [0.29, 0.717) is 0 Å². The summed E-state index contributed by atoms with van der Waals surface area (Å²) >= 11 is 4.76. The zero-order valence-electron chi connectivity index (χ0n) is 9.68. The van der Waals surface area contributed by atoms with Gasteiger partial charge in [0.05, 0.1) is 0 Å². The van der Waals surface area contributed by atoms with Gasteiger partial charge in [0.15, 0.2) is 6.04 Å². The van der Waals surface area contributed by atoms with Crippen molar-refractivity contribution in [1.82, 2.24) is 0 Å². The first-order valence-electron chi connectivity index (χ1n) is 5.36. The lowest BCUT2D eigenvalue weighted by Gasteiger charge is -2.14. The Bertz CT molecular complexity index is 568. The van der Waals surface area contributed by atoms with Crippen LogP contribution in [0.4, 0.5) is 5.69 Å². The van der Waals surface area contributed by atoms with Crippen molar-refractivity contribution in [2.24, 2.45) is 0 Å². The predicted octanol–water partition coefficient (Wildman–Crippen LogP) is 4.06. The van der Waals surface area contributed by atoms with Crippen molar-refractivity contribution in [3.05, 3.63) is 50.6 Å². The quantitative estimate of drug-likeness (QED) is 0.891. The molecule has 1 aromatic carbocycles. The molecular weight excluding hydrogens is 314 g/mol. The Kier molecular flexibility index (Phi) is 4.04. The van der Waals surface area contributed by atoms with Gasteiger partial charge in [0.1, 0.15) is 0 Å². The maximum atomic E-state index is 11.3. The van der Waals surface area contributed by atoms with Crippen LogP contribution in [-0.4, -0.2) is 11.1 Å². The Balaban J connectivity index is 2.24. The zero-order valence-corrected chi connectivity index (χ0v) is 12.1. The largest absolute Gasteiger partial charge is 0.479 e. The minimum atomic E-state index is -0.883. The molecule has 0 bridgehead atoms. The molecule has 0 aliphatic rings. The van der Waals surface area contributed by atoms with E-state index in [9.17, 15) is 9.90 Å². The molecule has 94 valence electrons. The lowest BCUT2D eigenvalue weighted by Crippen LogP contribution is -2.19. The predicted molar refractivity (Wildman–Crippen MR) is 77.2 cm³/mol. The van der Waals surface area contributed by atoms with Crippen LogP contribution in [0.15, 0.2) is 40.2 Å². The average Bonchev–Trinajstić information content (AvgIpc) is 2.72. The van der Waals surface area contributed by atoms with E-state index in [2.05, 4.69) is 21.2 Å². The summed E-state index contributed by atoms with van der Waals surface area (Å²) < 4.78 is 0.903. The summed E-state index contributed by atoms with van der Waals surface area (Å²) in [6.07, 6.45) is 0. The van der Waals surface area contributed by atoms with Gasteiger partial charge in [-0.2, -0.15) is 0 Å². The smallest absolute Gasteiger partial charge is 0.331 e. The van der Waals surface area contributed by atoms with Crippen molar-refractivity contribution >= 4 is 38.9 Å². The molecule has 2 aromatic rings. The topological polar surface area (TPSA) is 49.3 Å². The van der Waals surface area contributed by atoms with Crippen molar-refractivity contribution < 1.29 is 9.90 Å². The summed E-state index contributed by atoms with van der Waals surface area (Å²) in [5, 5.41) is 14.2. The second-order valence-corrected chi connectivity index (χ2v) is 5.81. The van der Waals surface area contributed by atoms with Gasteiger partial charge < -0.3 is 10.4 Å². The Hall–Kier alpha value is -1.33. The highest BCUT2D eigenvalue weighted by Crippen LogP contribution is 2.28. The summed E-state index contributed by atoms with van der Waals surface area (Å²) in [4.78, 5) is 12.1. The van der Waals surface area contributed by atoms with E-state index < -0.39 is 12.0 Å². The standard InChI is InChI=1S/C13H12BrNO2S/c1-8-3-2-4-10(5-8)15-12(13(16)17)11-6-9(14)7-18-11/h2-7,12,15H,1H3,(H,16,17). The summed E-state index contributed by atoms with van der Waals surface area (Å²) in [7, 11) is 0. The molecular formula is C13H12BrNO2S. The maximum Gasteiger partial charge on any atom is 0.331 e. The van der Waals surface area contributed by atoms with Crippen LogP contribution in [0.5, 0.6) is 0 Å². The highest BCUT2D eigenvalue weighted by Gasteiger charge is 2.21. The third kappa shape index (κ3) is 3.11. The number of thiophene rings is 1. The molecule has 1 atom stereocenters. The van der Waals surface area contributed by atoms with Gasteiger partial charge >= 0.3 is 5.97 Å². The Morgan fingerprint density at radius 1 is 1.44 bits per heavy atom. The Morgan fingerprint density at radius 3 is 2.78 bits per heavy atom. The lowest BCUT2D eigenvalue weighted by molar-refractivity contribution is -0.138. The second kappa shape index (κ2) is 5.54. The van der Waals surface area contributed by atoms with Crippen LogP contribution in [0.3, 0.4) is 0 Å². The van der Waals surface area contributed by atoms with E-state index in [1.165, 1.54) is 11.3 Å². The average molecular weight is 326 g/mol. The number of halogens is 1. The van der Waals surface area contributed by atoms with Crippen LogP contribution in [0.25, 0.3) is 0 Å². The van der Waals surface area contributed by atoms with Crippen LogP contribution in [0, 0.1) is 6.92 Å². The van der Waals surface area contributed by atoms with E-state index in [-0.39, 0.29) is 0 Å². The zero-order chi connectivity index (χ0) is 13.1. The minimum Gasteiger partial charge on any atom is -0.479 e. The summed E-state index contributed by atoms with van der Waals surface area (Å²) in [5.74, 6) is -0.883. The molecule has 1 aromatic heterocycles. The highest BCUT2D eigenvalue weighted by molar-refractivity contribution is 9.10. The molecule has 1 unspecified atom stereocenters. The van der Waals surface area contributed by atoms with Gasteiger partial charge in [-0.1, -0.05) is 12.1 Å². The van der Waals surface area contributed by atoms with Gasteiger partial charge in [0.2, 0.25) is 0 Å². The fraction of sp³-hybridized carbons (Fsp3) is 0.154. The minimum absolute atomic E-state index is 0.719. The SMILES string of the molecule is Cc1cccc(NC(C(=O)O)c2cc(Br)cs2)c1. The number of hydrogen-bond acceptors (Lipinski definition) is 3. The fourth-order valence-corrected chi connectivity index (χ4v) is 3.12. The number of anilines is 1. The molecule has 0 amide bonds. The van der Waals surface area contributed by atoms with Crippen LogP contribution >= 0.6 is 27.3 Å². The van der Waals surface area contributed by atoms with E-state index in [1.54, 1.807) is 0 Å². The van der Waals surface area contributed by atoms with Crippen LogP contribution in [-0.2, 0) is 4.79 Å².